The van der Waals surface area contributed by atoms with Crippen molar-refractivity contribution in [3.63, 3.8) is 0 Å². The summed E-state index contributed by atoms with van der Waals surface area (Å²) in [5.74, 6) is 0. The van der Waals surface area contributed by atoms with Gasteiger partial charge in [0, 0.05) is 0 Å². The van der Waals surface area contributed by atoms with E-state index in [0.717, 1.165) is 17.5 Å². The Kier molecular flexibility index (Phi) is 5.47. The van der Waals surface area contributed by atoms with Crippen molar-refractivity contribution in [1.82, 2.24) is 0 Å². The molecule has 0 radical (unpaired) electrons. The number of rotatable bonds is 5. The monoisotopic (exact) mass is 308 g/mol. The molecule has 1 unspecified atom stereocenters. The summed E-state index contributed by atoms with van der Waals surface area (Å²) in [5, 5.41) is 11.2. The van der Waals surface area contributed by atoms with Crippen LogP contribution in [-0.2, 0) is 19.3 Å². The van der Waals surface area contributed by atoms with Gasteiger partial charge < -0.3 is 5.11 Å². The van der Waals surface area contributed by atoms with Crippen LogP contribution in [0.1, 0.15) is 23.6 Å². The van der Waals surface area contributed by atoms with Crippen molar-refractivity contribution in [3.05, 3.63) is 69.2 Å². The van der Waals surface area contributed by atoms with E-state index in [0.29, 0.717) is 22.9 Å². The molecule has 0 aliphatic carbocycles. The molecule has 0 bridgehead atoms. The molecule has 3 heteroatoms. The molecule has 2 rings (SSSR count). The molecule has 0 spiro atoms. The zero-order valence-electron chi connectivity index (χ0n) is 11.4. The lowest BCUT2D eigenvalue weighted by Gasteiger charge is -2.12. The molecule has 20 heavy (non-hydrogen) atoms. The fourth-order valence-corrected chi connectivity index (χ4v) is 2.51. The van der Waals surface area contributed by atoms with Crippen LogP contribution in [-0.4, -0.2) is 11.2 Å². The van der Waals surface area contributed by atoms with Crippen molar-refractivity contribution < 1.29 is 5.11 Å². The Balaban J connectivity index is 1.97. The molecule has 0 saturated carbocycles. The van der Waals surface area contributed by atoms with Crippen LogP contribution in [0.5, 0.6) is 0 Å². The van der Waals surface area contributed by atoms with E-state index in [-0.39, 0.29) is 0 Å². The lowest BCUT2D eigenvalue weighted by Crippen LogP contribution is -2.13. The Morgan fingerprint density at radius 1 is 0.850 bits per heavy atom. The van der Waals surface area contributed by atoms with E-state index >= 15 is 0 Å². The van der Waals surface area contributed by atoms with Crippen molar-refractivity contribution in [2.45, 2.75) is 32.3 Å². The molecule has 0 aliphatic rings. The van der Waals surface area contributed by atoms with E-state index in [1.165, 1.54) is 5.56 Å². The first-order valence-electron chi connectivity index (χ1n) is 6.78. The number of aliphatic hydroxyl groups excluding tert-OH is 1. The Morgan fingerprint density at radius 3 is 2.00 bits per heavy atom. The summed E-state index contributed by atoms with van der Waals surface area (Å²) in [5.41, 5.74) is 3.46. The topological polar surface area (TPSA) is 20.2 Å². The summed E-state index contributed by atoms with van der Waals surface area (Å²) < 4.78 is 0. The van der Waals surface area contributed by atoms with Crippen LogP contribution < -0.4 is 0 Å². The minimum absolute atomic E-state index is 0.417. The Morgan fingerprint density at radius 2 is 1.40 bits per heavy atom. The fourth-order valence-electron chi connectivity index (χ4n) is 2.19. The number of aliphatic hydroxyl groups is 1. The van der Waals surface area contributed by atoms with E-state index < -0.39 is 6.10 Å². The number of hydrogen-bond acceptors (Lipinski definition) is 1. The van der Waals surface area contributed by atoms with Crippen LogP contribution in [0.2, 0.25) is 10.0 Å². The highest BCUT2D eigenvalue weighted by Gasteiger charge is 2.08. The second-order valence-corrected chi connectivity index (χ2v) is 5.79. The van der Waals surface area contributed by atoms with Gasteiger partial charge in [-0.05, 0) is 48.1 Å². The lowest BCUT2D eigenvalue weighted by molar-refractivity contribution is 0.175. The molecule has 1 atom stereocenters. The van der Waals surface area contributed by atoms with Crippen molar-refractivity contribution in [2.75, 3.05) is 0 Å². The Bertz CT molecular complexity index is 564. The molecular formula is C17H18Cl2O. The quantitative estimate of drug-likeness (QED) is 0.848. The lowest BCUT2D eigenvalue weighted by atomic mass is 10.00. The standard InChI is InChI=1S/C17H18Cl2O/c1-2-12-3-5-13(6-4-12)9-15(20)10-14-7-8-16(18)17(19)11-14/h3-8,11,15,20H,2,9-10H2,1H3. The van der Waals surface area contributed by atoms with Gasteiger partial charge in [0.25, 0.3) is 0 Å². The third kappa shape index (κ3) is 4.24. The van der Waals surface area contributed by atoms with Crippen LogP contribution in [0.15, 0.2) is 42.5 Å². The van der Waals surface area contributed by atoms with Gasteiger partial charge in [-0.25, -0.2) is 0 Å². The first-order chi connectivity index (χ1) is 9.58. The largest absolute Gasteiger partial charge is 0.392 e. The van der Waals surface area contributed by atoms with Crippen LogP contribution in [0.3, 0.4) is 0 Å². The average molecular weight is 309 g/mol. The van der Waals surface area contributed by atoms with Gasteiger partial charge in [0.2, 0.25) is 0 Å². The second kappa shape index (κ2) is 7.12. The van der Waals surface area contributed by atoms with E-state index in [1.54, 1.807) is 6.07 Å². The van der Waals surface area contributed by atoms with Gasteiger partial charge in [-0.3, -0.25) is 0 Å². The molecule has 0 aromatic heterocycles. The molecule has 0 amide bonds. The third-order valence-electron chi connectivity index (χ3n) is 3.36. The fraction of sp³-hybridized carbons (Fsp3) is 0.294. The predicted octanol–water partition coefficient (Wildman–Crippen LogP) is 4.70. The van der Waals surface area contributed by atoms with Gasteiger partial charge >= 0.3 is 0 Å². The highest BCUT2D eigenvalue weighted by molar-refractivity contribution is 6.42. The first-order valence-corrected chi connectivity index (χ1v) is 7.54. The van der Waals surface area contributed by atoms with Gasteiger partial charge in [-0.2, -0.15) is 0 Å². The predicted molar refractivity (Wildman–Crippen MR) is 85.7 cm³/mol. The number of benzene rings is 2. The van der Waals surface area contributed by atoms with Gasteiger partial charge in [-0.15, -0.1) is 0 Å². The van der Waals surface area contributed by atoms with Crippen LogP contribution in [0.4, 0.5) is 0 Å². The molecule has 0 saturated heterocycles. The van der Waals surface area contributed by atoms with Gasteiger partial charge in [-0.1, -0.05) is 60.5 Å². The smallest absolute Gasteiger partial charge is 0.0620 e. The SMILES string of the molecule is CCc1ccc(CC(O)Cc2ccc(Cl)c(Cl)c2)cc1. The summed E-state index contributed by atoms with van der Waals surface area (Å²) in [6, 6.07) is 13.9. The molecule has 0 fully saturated rings. The second-order valence-electron chi connectivity index (χ2n) is 4.98. The van der Waals surface area contributed by atoms with Crippen molar-refractivity contribution in [2.24, 2.45) is 0 Å². The van der Waals surface area contributed by atoms with Gasteiger partial charge in [0.1, 0.15) is 0 Å². The Hall–Kier alpha value is -1.02. The number of aryl methyl sites for hydroxylation is 1. The zero-order valence-corrected chi connectivity index (χ0v) is 13.0. The highest BCUT2D eigenvalue weighted by Crippen LogP contribution is 2.23. The number of halogens is 2. The maximum Gasteiger partial charge on any atom is 0.0620 e. The first kappa shape index (κ1) is 15.4. The third-order valence-corrected chi connectivity index (χ3v) is 4.10. The Labute approximate surface area is 130 Å². The van der Waals surface area contributed by atoms with E-state index in [2.05, 4.69) is 31.2 Å². The van der Waals surface area contributed by atoms with Crippen LogP contribution >= 0.6 is 23.2 Å². The van der Waals surface area contributed by atoms with Crippen LogP contribution in [0, 0.1) is 0 Å². The summed E-state index contributed by atoms with van der Waals surface area (Å²) >= 11 is 11.9. The zero-order chi connectivity index (χ0) is 14.5. The van der Waals surface area contributed by atoms with Crippen molar-refractivity contribution in [1.29, 1.82) is 0 Å². The van der Waals surface area contributed by atoms with E-state index in [4.69, 9.17) is 23.2 Å². The highest BCUT2D eigenvalue weighted by atomic mass is 35.5. The summed E-state index contributed by atoms with van der Waals surface area (Å²) in [4.78, 5) is 0. The molecule has 2 aromatic rings. The molecule has 0 heterocycles. The maximum atomic E-state index is 10.2. The van der Waals surface area contributed by atoms with Crippen LogP contribution in [0.25, 0.3) is 0 Å². The molecule has 106 valence electrons. The summed E-state index contributed by atoms with van der Waals surface area (Å²) in [6.07, 6.45) is 1.84. The number of hydrogen-bond donors (Lipinski definition) is 1. The maximum absolute atomic E-state index is 10.2. The minimum atomic E-state index is -0.417. The molecule has 0 aliphatic heterocycles. The summed E-state index contributed by atoms with van der Waals surface area (Å²) in [6.45, 7) is 2.13. The van der Waals surface area contributed by atoms with E-state index in [9.17, 15) is 5.11 Å². The normalized spacial score (nSPS) is 12.4. The molecule has 1 nitrogen and oxygen atoms in total. The van der Waals surface area contributed by atoms with Crippen molar-refractivity contribution >= 4 is 23.2 Å². The van der Waals surface area contributed by atoms with Gasteiger partial charge in [0.05, 0.1) is 16.1 Å². The van der Waals surface area contributed by atoms with Gasteiger partial charge in [0.15, 0.2) is 0 Å². The minimum Gasteiger partial charge on any atom is -0.392 e. The molecule has 1 N–H and O–H groups in total. The van der Waals surface area contributed by atoms with Crippen molar-refractivity contribution in [3.8, 4) is 0 Å². The van der Waals surface area contributed by atoms with E-state index in [1.807, 2.05) is 12.1 Å². The molecule has 2 aromatic carbocycles. The average Bonchev–Trinajstić information content (AvgIpc) is 2.44. The summed E-state index contributed by atoms with van der Waals surface area (Å²) in [7, 11) is 0. The molecular weight excluding hydrogens is 291 g/mol.